The Hall–Kier alpha value is -1.35. The maximum absolute atomic E-state index is 6.04. The van der Waals surface area contributed by atoms with Gasteiger partial charge in [0.15, 0.2) is 0 Å². The van der Waals surface area contributed by atoms with Crippen LogP contribution in [0.2, 0.25) is 5.02 Å². The zero-order valence-corrected chi connectivity index (χ0v) is 12.3. The smallest absolute Gasteiger partial charge is 0.133 e. The van der Waals surface area contributed by atoms with E-state index in [1.807, 2.05) is 12.1 Å². The Morgan fingerprint density at radius 3 is 2.20 bits per heavy atom. The molecule has 1 heterocycles. The lowest BCUT2D eigenvalue weighted by Gasteiger charge is -2.41. The van der Waals surface area contributed by atoms with Crippen molar-refractivity contribution in [1.29, 1.82) is 0 Å². The third-order valence-electron chi connectivity index (χ3n) is 4.14. The first-order chi connectivity index (χ1) is 9.78. The standard InChI is InChI=1S/C17H20ClN2/c18-16-6-8-17(9-7-16)20(12-10-19-11-13-20)14-15-4-2-1-3-5-15/h1-9,19H,10-14H2/q+1. The van der Waals surface area contributed by atoms with Gasteiger partial charge in [0.2, 0.25) is 0 Å². The molecular weight excluding hydrogens is 268 g/mol. The number of benzene rings is 2. The van der Waals surface area contributed by atoms with E-state index < -0.39 is 0 Å². The van der Waals surface area contributed by atoms with Crippen molar-refractivity contribution in [2.45, 2.75) is 6.54 Å². The molecule has 1 fully saturated rings. The first-order valence-electron chi connectivity index (χ1n) is 7.15. The molecule has 1 saturated heterocycles. The SMILES string of the molecule is Clc1ccc([N+]2(Cc3ccccc3)CCNCC2)cc1. The van der Waals surface area contributed by atoms with Gasteiger partial charge in [-0.15, -0.1) is 0 Å². The van der Waals surface area contributed by atoms with Crippen molar-refractivity contribution in [3.8, 4) is 0 Å². The average molecular weight is 288 g/mol. The van der Waals surface area contributed by atoms with E-state index in [1.54, 1.807) is 0 Å². The van der Waals surface area contributed by atoms with Crippen molar-refractivity contribution in [2.75, 3.05) is 26.2 Å². The van der Waals surface area contributed by atoms with Crippen molar-refractivity contribution in [2.24, 2.45) is 0 Å². The van der Waals surface area contributed by atoms with E-state index in [2.05, 4.69) is 47.8 Å². The molecule has 0 radical (unpaired) electrons. The van der Waals surface area contributed by atoms with Crippen LogP contribution < -0.4 is 9.80 Å². The maximum Gasteiger partial charge on any atom is 0.133 e. The summed E-state index contributed by atoms with van der Waals surface area (Å²) < 4.78 is 1.01. The molecule has 1 aliphatic rings. The lowest BCUT2D eigenvalue weighted by atomic mass is 10.1. The van der Waals surface area contributed by atoms with E-state index in [-0.39, 0.29) is 0 Å². The van der Waals surface area contributed by atoms with E-state index in [0.29, 0.717) is 0 Å². The minimum absolute atomic E-state index is 0.807. The molecule has 2 aromatic rings. The minimum atomic E-state index is 0.807. The van der Waals surface area contributed by atoms with E-state index in [1.165, 1.54) is 11.3 Å². The Morgan fingerprint density at radius 2 is 1.55 bits per heavy atom. The highest BCUT2D eigenvalue weighted by molar-refractivity contribution is 6.30. The molecule has 2 nitrogen and oxygen atoms in total. The third-order valence-corrected chi connectivity index (χ3v) is 4.39. The predicted octanol–water partition coefficient (Wildman–Crippen LogP) is 3.45. The second-order valence-electron chi connectivity index (χ2n) is 5.46. The molecule has 3 rings (SSSR count). The molecule has 0 aliphatic carbocycles. The van der Waals surface area contributed by atoms with Gasteiger partial charge < -0.3 is 5.32 Å². The molecule has 0 atom stereocenters. The van der Waals surface area contributed by atoms with Crippen LogP contribution in [0.1, 0.15) is 5.56 Å². The van der Waals surface area contributed by atoms with Gasteiger partial charge in [-0.1, -0.05) is 41.9 Å². The molecule has 0 aromatic heterocycles. The van der Waals surface area contributed by atoms with E-state index in [4.69, 9.17) is 11.6 Å². The molecule has 3 heteroatoms. The zero-order chi connectivity index (χ0) is 13.8. The Labute approximate surface area is 125 Å². The van der Waals surface area contributed by atoms with Crippen molar-refractivity contribution < 1.29 is 0 Å². The summed E-state index contributed by atoms with van der Waals surface area (Å²) in [5.74, 6) is 0. The molecule has 2 aromatic carbocycles. The molecule has 0 bridgehead atoms. The molecule has 0 spiro atoms. The predicted molar refractivity (Wildman–Crippen MR) is 86.0 cm³/mol. The number of hydrogen-bond acceptors (Lipinski definition) is 1. The summed E-state index contributed by atoms with van der Waals surface area (Å²) in [4.78, 5) is 0. The highest BCUT2D eigenvalue weighted by Gasteiger charge is 2.32. The monoisotopic (exact) mass is 287 g/mol. The average Bonchev–Trinajstić information content (AvgIpc) is 2.50. The Morgan fingerprint density at radius 1 is 0.900 bits per heavy atom. The number of piperazine rings is 1. The Kier molecular flexibility index (Phi) is 4.06. The first kappa shape index (κ1) is 13.6. The van der Waals surface area contributed by atoms with Crippen molar-refractivity contribution in [1.82, 2.24) is 9.80 Å². The van der Waals surface area contributed by atoms with Crippen LogP contribution in [0.5, 0.6) is 0 Å². The summed E-state index contributed by atoms with van der Waals surface area (Å²) in [6.45, 7) is 5.42. The van der Waals surface area contributed by atoms with Crippen LogP contribution in [0.25, 0.3) is 0 Å². The van der Waals surface area contributed by atoms with Crippen LogP contribution in [-0.4, -0.2) is 26.2 Å². The number of rotatable bonds is 3. The molecule has 0 unspecified atom stereocenters. The summed E-state index contributed by atoms with van der Waals surface area (Å²) in [7, 11) is 0. The molecule has 0 saturated carbocycles. The molecule has 20 heavy (non-hydrogen) atoms. The van der Waals surface area contributed by atoms with Crippen LogP contribution in [0, 0.1) is 0 Å². The molecule has 0 amide bonds. The fourth-order valence-corrected chi connectivity index (χ4v) is 3.15. The number of nitrogens with zero attached hydrogens (tertiary/aromatic N) is 1. The highest BCUT2D eigenvalue weighted by atomic mass is 35.5. The van der Waals surface area contributed by atoms with Gasteiger partial charge in [0, 0.05) is 35.8 Å². The van der Waals surface area contributed by atoms with Crippen LogP contribution in [0.3, 0.4) is 0 Å². The van der Waals surface area contributed by atoms with Gasteiger partial charge in [0.05, 0.1) is 13.1 Å². The maximum atomic E-state index is 6.04. The molecular formula is C17H20ClN2+. The summed E-state index contributed by atoms with van der Waals surface area (Å²) in [5.41, 5.74) is 2.75. The number of halogens is 1. The van der Waals surface area contributed by atoms with Gasteiger partial charge in [-0.3, -0.25) is 4.48 Å². The largest absolute Gasteiger partial charge is 0.306 e. The number of quaternary nitrogens is 1. The van der Waals surface area contributed by atoms with Crippen molar-refractivity contribution in [3.63, 3.8) is 0 Å². The van der Waals surface area contributed by atoms with Gasteiger partial charge >= 0.3 is 0 Å². The normalized spacial score (nSPS) is 17.9. The third kappa shape index (κ3) is 2.88. The molecule has 1 N–H and O–H groups in total. The van der Waals surface area contributed by atoms with Crippen molar-refractivity contribution >= 4 is 17.3 Å². The fourth-order valence-electron chi connectivity index (χ4n) is 3.02. The van der Waals surface area contributed by atoms with Gasteiger partial charge in [-0.05, 0) is 12.1 Å². The highest BCUT2D eigenvalue weighted by Crippen LogP contribution is 2.28. The fraction of sp³-hybridized carbons (Fsp3) is 0.294. The van der Waals surface area contributed by atoms with E-state index in [9.17, 15) is 0 Å². The van der Waals surface area contributed by atoms with Crippen LogP contribution in [0.15, 0.2) is 54.6 Å². The van der Waals surface area contributed by atoms with Crippen LogP contribution in [-0.2, 0) is 6.54 Å². The van der Waals surface area contributed by atoms with Gasteiger partial charge in [0.1, 0.15) is 12.2 Å². The second kappa shape index (κ2) is 5.96. The van der Waals surface area contributed by atoms with E-state index in [0.717, 1.165) is 42.2 Å². The van der Waals surface area contributed by atoms with E-state index >= 15 is 0 Å². The summed E-state index contributed by atoms with van der Waals surface area (Å²) in [5, 5.41) is 4.27. The lowest BCUT2D eigenvalue weighted by Crippen LogP contribution is -2.59. The van der Waals surface area contributed by atoms with Gasteiger partial charge in [-0.25, -0.2) is 0 Å². The van der Waals surface area contributed by atoms with Gasteiger partial charge in [-0.2, -0.15) is 0 Å². The van der Waals surface area contributed by atoms with Crippen LogP contribution in [0.4, 0.5) is 5.69 Å². The Bertz CT molecular complexity index is 545. The van der Waals surface area contributed by atoms with Crippen molar-refractivity contribution in [3.05, 3.63) is 65.2 Å². The molecule has 104 valence electrons. The summed E-state index contributed by atoms with van der Waals surface area (Å²) >= 11 is 6.04. The van der Waals surface area contributed by atoms with Gasteiger partial charge in [0.25, 0.3) is 0 Å². The minimum Gasteiger partial charge on any atom is -0.306 e. The number of hydrogen-bond donors (Lipinski definition) is 1. The van der Waals surface area contributed by atoms with Crippen LogP contribution >= 0.6 is 11.6 Å². The topological polar surface area (TPSA) is 12.0 Å². The lowest BCUT2D eigenvalue weighted by molar-refractivity contribution is 0.233. The zero-order valence-electron chi connectivity index (χ0n) is 11.6. The number of nitrogens with one attached hydrogen (secondary N) is 1. The summed E-state index contributed by atoms with van der Waals surface area (Å²) in [6.07, 6.45) is 0. The Balaban J connectivity index is 1.94. The first-order valence-corrected chi connectivity index (χ1v) is 7.53. The summed E-state index contributed by atoms with van der Waals surface area (Å²) in [6, 6.07) is 19.1. The quantitative estimate of drug-likeness (QED) is 0.853. The second-order valence-corrected chi connectivity index (χ2v) is 5.90. The molecule has 1 aliphatic heterocycles.